The van der Waals surface area contributed by atoms with E-state index in [0.717, 1.165) is 6.04 Å². The van der Waals surface area contributed by atoms with Gasteiger partial charge in [0.25, 0.3) is 0 Å². The third-order valence-corrected chi connectivity index (χ3v) is 2.82. The first-order chi connectivity index (χ1) is 7.33. The Kier molecular flexibility index (Phi) is 4.15. The van der Waals surface area contributed by atoms with E-state index in [1.165, 1.54) is 19.4 Å². The molecule has 2 aliphatic heterocycles. The van der Waals surface area contributed by atoms with Crippen molar-refractivity contribution in [2.24, 2.45) is 5.73 Å². The SMILES string of the molecule is CC(C)(C)OC(N)=O.OCC1CC2CCN12. The van der Waals surface area contributed by atoms with Gasteiger partial charge >= 0.3 is 6.09 Å². The second kappa shape index (κ2) is 5.01. The summed E-state index contributed by atoms with van der Waals surface area (Å²) in [6.07, 6.45) is 1.89. The van der Waals surface area contributed by atoms with Gasteiger partial charge in [0.15, 0.2) is 0 Å². The number of amides is 1. The zero-order chi connectivity index (χ0) is 12.3. The van der Waals surface area contributed by atoms with Crippen molar-refractivity contribution in [1.82, 2.24) is 4.90 Å². The molecule has 0 bridgehead atoms. The largest absolute Gasteiger partial charge is 0.444 e. The molecule has 0 saturated carbocycles. The molecular formula is C11H22N2O3. The van der Waals surface area contributed by atoms with Crippen molar-refractivity contribution in [3.05, 3.63) is 0 Å². The van der Waals surface area contributed by atoms with Gasteiger partial charge in [0.1, 0.15) is 5.60 Å². The molecule has 5 heteroatoms. The molecule has 0 spiro atoms. The van der Waals surface area contributed by atoms with Crippen molar-refractivity contribution in [2.75, 3.05) is 13.2 Å². The molecule has 0 aromatic carbocycles. The standard InChI is InChI=1S/C6H11NO.C5H11NO2/c8-4-6-3-5-1-2-7(5)6;1-5(2,3)8-4(6)7/h5-6,8H,1-4H2;1-3H3,(H2,6,7). The average molecular weight is 230 g/mol. The van der Waals surface area contributed by atoms with Crippen molar-refractivity contribution in [2.45, 2.75) is 51.3 Å². The summed E-state index contributed by atoms with van der Waals surface area (Å²) in [5, 5.41) is 8.67. The number of aliphatic hydroxyl groups excluding tert-OH is 1. The van der Waals surface area contributed by atoms with E-state index < -0.39 is 11.7 Å². The monoisotopic (exact) mass is 230 g/mol. The second-order valence-electron chi connectivity index (χ2n) is 5.29. The third kappa shape index (κ3) is 3.64. The van der Waals surface area contributed by atoms with Crippen molar-refractivity contribution < 1.29 is 14.6 Å². The normalized spacial score (nSPS) is 27.8. The molecule has 0 aromatic rings. The number of carbonyl (C=O) groups is 1. The average Bonchev–Trinajstić information content (AvgIpc) is 2.06. The van der Waals surface area contributed by atoms with Gasteiger partial charge in [-0.15, -0.1) is 0 Å². The Bertz CT molecular complexity index is 248. The number of carbonyl (C=O) groups excluding carboxylic acids is 1. The van der Waals surface area contributed by atoms with Gasteiger partial charge in [0, 0.05) is 18.6 Å². The van der Waals surface area contributed by atoms with Crippen LogP contribution in [0.25, 0.3) is 0 Å². The summed E-state index contributed by atoms with van der Waals surface area (Å²) >= 11 is 0. The van der Waals surface area contributed by atoms with Crippen molar-refractivity contribution in [3.8, 4) is 0 Å². The number of primary amides is 1. The summed E-state index contributed by atoms with van der Waals surface area (Å²) in [5.41, 5.74) is 4.26. The van der Waals surface area contributed by atoms with Gasteiger partial charge in [-0.3, -0.25) is 4.90 Å². The van der Waals surface area contributed by atoms with E-state index in [9.17, 15) is 4.79 Å². The van der Waals surface area contributed by atoms with E-state index in [4.69, 9.17) is 10.8 Å². The fraction of sp³-hybridized carbons (Fsp3) is 0.909. The summed E-state index contributed by atoms with van der Waals surface area (Å²) in [6, 6.07) is 1.40. The first-order valence-corrected chi connectivity index (χ1v) is 5.68. The predicted molar refractivity (Wildman–Crippen MR) is 61.0 cm³/mol. The minimum absolute atomic E-state index is 0.372. The highest BCUT2D eigenvalue weighted by atomic mass is 16.6. The zero-order valence-electron chi connectivity index (χ0n) is 10.3. The number of ether oxygens (including phenoxy) is 1. The number of hydrogen-bond donors (Lipinski definition) is 2. The summed E-state index contributed by atoms with van der Waals surface area (Å²) in [7, 11) is 0. The molecule has 0 aliphatic carbocycles. The third-order valence-electron chi connectivity index (χ3n) is 2.82. The van der Waals surface area contributed by atoms with Crippen LogP contribution in [0.3, 0.4) is 0 Å². The lowest BCUT2D eigenvalue weighted by molar-refractivity contribution is -0.0850. The smallest absolute Gasteiger partial charge is 0.405 e. The summed E-state index contributed by atoms with van der Waals surface area (Å²) in [5.74, 6) is 0. The van der Waals surface area contributed by atoms with E-state index in [1.54, 1.807) is 20.8 Å². The van der Waals surface area contributed by atoms with E-state index in [0.29, 0.717) is 12.6 Å². The lowest BCUT2D eigenvalue weighted by Crippen LogP contribution is -2.65. The molecule has 2 fully saturated rings. The number of nitrogens with two attached hydrogens (primary N) is 1. The highest BCUT2D eigenvalue weighted by Crippen LogP contribution is 2.35. The fourth-order valence-electron chi connectivity index (χ4n) is 1.99. The van der Waals surface area contributed by atoms with Gasteiger partial charge in [0.2, 0.25) is 0 Å². The maximum absolute atomic E-state index is 10.0. The number of piperidine rings is 1. The van der Waals surface area contributed by atoms with Crippen molar-refractivity contribution in [3.63, 3.8) is 0 Å². The Morgan fingerprint density at radius 3 is 2.25 bits per heavy atom. The molecule has 0 radical (unpaired) electrons. The topological polar surface area (TPSA) is 75.8 Å². The van der Waals surface area contributed by atoms with Crippen LogP contribution in [0.5, 0.6) is 0 Å². The van der Waals surface area contributed by atoms with Gasteiger partial charge in [-0.25, -0.2) is 4.79 Å². The van der Waals surface area contributed by atoms with Crippen LogP contribution in [0.15, 0.2) is 0 Å². The number of nitrogens with zero attached hydrogens (tertiary/aromatic N) is 1. The molecule has 94 valence electrons. The Morgan fingerprint density at radius 2 is 2.19 bits per heavy atom. The molecule has 2 heterocycles. The Morgan fingerprint density at radius 1 is 1.56 bits per heavy atom. The van der Waals surface area contributed by atoms with Crippen LogP contribution < -0.4 is 5.73 Å². The fourth-order valence-corrected chi connectivity index (χ4v) is 1.99. The highest BCUT2D eigenvalue weighted by Gasteiger charge is 2.43. The summed E-state index contributed by atoms with van der Waals surface area (Å²) in [6.45, 7) is 6.89. The van der Waals surface area contributed by atoms with Crippen molar-refractivity contribution in [1.29, 1.82) is 0 Å². The minimum Gasteiger partial charge on any atom is -0.444 e. The van der Waals surface area contributed by atoms with Gasteiger partial charge in [-0.05, 0) is 33.6 Å². The van der Waals surface area contributed by atoms with Crippen LogP contribution in [0.1, 0.15) is 33.6 Å². The van der Waals surface area contributed by atoms with Crippen LogP contribution in [0, 0.1) is 0 Å². The number of rotatable bonds is 1. The zero-order valence-corrected chi connectivity index (χ0v) is 10.3. The van der Waals surface area contributed by atoms with Crippen LogP contribution in [-0.4, -0.2) is 46.9 Å². The molecule has 2 atom stereocenters. The molecule has 2 unspecified atom stereocenters. The van der Waals surface area contributed by atoms with E-state index in [1.807, 2.05) is 0 Å². The minimum atomic E-state index is -0.725. The van der Waals surface area contributed by atoms with Crippen LogP contribution >= 0.6 is 0 Å². The van der Waals surface area contributed by atoms with Gasteiger partial charge in [0.05, 0.1) is 6.61 Å². The Balaban J connectivity index is 0.000000160. The highest BCUT2D eigenvalue weighted by molar-refractivity contribution is 5.65. The quantitative estimate of drug-likeness (QED) is 0.695. The Labute approximate surface area is 96.6 Å². The molecule has 5 nitrogen and oxygen atoms in total. The second-order valence-corrected chi connectivity index (χ2v) is 5.29. The predicted octanol–water partition coefficient (Wildman–Crippen LogP) is 0.706. The molecular weight excluding hydrogens is 208 g/mol. The Hall–Kier alpha value is -0.810. The maximum Gasteiger partial charge on any atom is 0.405 e. The molecule has 3 N–H and O–H groups in total. The van der Waals surface area contributed by atoms with Gasteiger partial charge in [-0.2, -0.15) is 0 Å². The van der Waals surface area contributed by atoms with Crippen molar-refractivity contribution >= 4 is 6.09 Å². The van der Waals surface area contributed by atoms with Gasteiger partial charge < -0.3 is 15.6 Å². The lowest BCUT2D eigenvalue weighted by Gasteiger charge is -2.56. The van der Waals surface area contributed by atoms with Crippen LogP contribution in [0.2, 0.25) is 0 Å². The summed E-state index contributed by atoms with van der Waals surface area (Å²) in [4.78, 5) is 12.4. The molecule has 2 rings (SSSR count). The van der Waals surface area contributed by atoms with Gasteiger partial charge in [-0.1, -0.05) is 0 Å². The van der Waals surface area contributed by atoms with E-state index >= 15 is 0 Å². The molecule has 2 saturated heterocycles. The number of aliphatic hydroxyl groups is 1. The molecule has 16 heavy (non-hydrogen) atoms. The molecule has 2 aliphatic rings. The molecule has 1 amide bonds. The first kappa shape index (κ1) is 13.3. The van der Waals surface area contributed by atoms with Crippen LogP contribution in [0.4, 0.5) is 4.79 Å². The van der Waals surface area contributed by atoms with Crippen LogP contribution in [-0.2, 0) is 4.74 Å². The number of hydrogen-bond acceptors (Lipinski definition) is 4. The van der Waals surface area contributed by atoms with E-state index in [2.05, 4.69) is 9.64 Å². The molecule has 0 aromatic heterocycles. The maximum atomic E-state index is 10.0. The summed E-state index contributed by atoms with van der Waals surface area (Å²) < 4.78 is 4.58. The van der Waals surface area contributed by atoms with E-state index in [-0.39, 0.29) is 0 Å². The first-order valence-electron chi connectivity index (χ1n) is 5.68. The lowest BCUT2D eigenvalue weighted by atomic mass is 9.83. The number of fused-ring (bicyclic) bond motifs is 1.